The van der Waals surface area contributed by atoms with Crippen molar-refractivity contribution < 1.29 is 4.79 Å². The predicted molar refractivity (Wildman–Crippen MR) is 74.0 cm³/mol. The SMILES string of the molecule is NC(=O)CSc1n[nH]c(N/N=C/c2ccccc2)n1. The first kappa shape index (κ1) is 13.1. The second-order valence-electron chi connectivity index (χ2n) is 3.50. The van der Waals surface area contributed by atoms with Gasteiger partial charge in [-0.3, -0.25) is 4.79 Å². The van der Waals surface area contributed by atoms with Gasteiger partial charge in [-0.1, -0.05) is 42.1 Å². The van der Waals surface area contributed by atoms with Crippen LogP contribution in [0.2, 0.25) is 0 Å². The van der Waals surface area contributed by atoms with Crippen molar-refractivity contribution in [1.82, 2.24) is 15.2 Å². The van der Waals surface area contributed by atoms with Crippen molar-refractivity contribution in [3.8, 4) is 0 Å². The lowest BCUT2D eigenvalue weighted by Gasteiger charge is -1.93. The number of nitrogens with two attached hydrogens (primary N) is 1. The maximum absolute atomic E-state index is 10.6. The molecular formula is C11H12N6OS. The van der Waals surface area contributed by atoms with Crippen LogP contribution in [0.4, 0.5) is 5.95 Å². The van der Waals surface area contributed by atoms with E-state index in [-0.39, 0.29) is 5.75 Å². The van der Waals surface area contributed by atoms with E-state index in [4.69, 9.17) is 5.73 Å². The number of nitrogens with zero attached hydrogens (tertiary/aromatic N) is 3. The molecule has 2 aromatic rings. The summed E-state index contributed by atoms with van der Waals surface area (Å²) in [7, 11) is 0. The second-order valence-corrected chi connectivity index (χ2v) is 4.44. The van der Waals surface area contributed by atoms with Gasteiger partial charge >= 0.3 is 0 Å². The number of carbonyl (C=O) groups excluding carboxylic acids is 1. The zero-order valence-electron chi connectivity index (χ0n) is 9.91. The Morgan fingerprint density at radius 2 is 2.26 bits per heavy atom. The van der Waals surface area contributed by atoms with E-state index in [0.29, 0.717) is 11.1 Å². The second kappa shape index (κ2) is 6.55. The van der Waals surface area contributed by atoms with Crippen LogP contribution in [0.5, 0.6) is 0 Å². The van der Waals surface area contributed by atoms with Gasteiger partial charge in [-0.2, -0.15) is 10.1 Å². The maximum atomic E-state index is 10.6. The van der Waals surface area contributed by atoms with Crippen LogP contribution >= 0.6 is 11.8 Å². The summed E-state index contributed by atoms with van der Waals surface area (Å²) in [6.45, 7) is 0. The highest BCUT2D eigenvalue weighted by molar-refractivity contribution is 7.99. The van der Waals surface area contributed by atoms with Crippen LogP contribution in [0.25, 0.3) is 0 Å². The Hall–Kier alpha value is -2.35. The fourth-order valence-corrected chi connectivity index (χ4v) is 1.74. The topological polar surface area (TPSA) is 109 Å². The van der Waals surface area contributed by atoms with Gasteiger partial charge in [0.15, 0.2) is 0 Å². The molecule has 98 valence electrons. The van der Waals surface area contributed by atoms with Crippen molar-refractivity contribution in [3.63, 3.8) is 0 Å². The first-order valence-corrected chi connectivity index (χ1v) is 6.40. The molecule has 0 unspecified atom stereocenters. The lowest BCUT2D eigenvalue weighted by atomic mass is 10.2. The van der Waals surface area contributed by atoms with E-state index in [1.807, 2.05) is 30.3 Å². The molecule has 0 aliphatic rings. The molecule has 0 atom stereocenters. The first-order valence-electron chi connectivity index (χ1n) is 5.41. The van der Waals surface area contributed by atoms with Crippen LogP contribution in [-0.4, -0.2) is 33.1 Å². The lowest BCUT2D eigenvalue weighted by molar-refractivity contribution is -0.115. The number of aromatic amines is 1. The number of rotatable bonds is 6. The molecule has 4 N–H and O–H groups in total. The number of benzene rings is 1. The van der Waals surface area contributed by atoms with Gasteiger partial charge in [0.1, 0.15) is 0 Å². The third-order valence-corrected chi connectivity index (χ3v) is 2.86. The largest absolute Gasteiger partial charge is 0.369 e. The number of nitrogens with one attached hydrogen (secondary N) is 2. The molecule has 19 heavy (non-hydrogen) atoms. The molecule has 0 aliphatic heterocycles. The number of carbonyl (C=O) groups is 1. The molecule has 7 nitrogen and oxygen atoms in total. The minimum absolute atomic E-state index is 0.143. The minimum Gasteiger partial charge on any atom is -0.369 e. The summed E-state index contributed by atoms with van der Waals surface area (Å²) < 4.78 is 0. The Morgan fingerprint density at radius 3 is 3.00 bits per heavy atom. The van der Waals surface area contributed by atoms with Gasteiger partial charge < -0.3 is 5.73 Å². The minimum atomic E-state index is -0.411. The predicted octanol–water partition coefficient (Wildman–Crippen LogP) is 0.828. The Kier molecular flexibility index (Phi) is 4.51. The number of aromatic nitrogens is 3. The van der Waals surface area contributed by atoms with E-state index in [0.717, 1.165) is 17.3 Å². The maximum Gasteiger partial charge on any atom is 0.240 e. The van der Waals surface area contributed by atoms with Crippen LogP contribution in [-0.2, 0) is 4.79 Å². The average molecular weight is 276 g/mol. The van der Waals surface area contributed by atoms with Crippen molar-refractivity contribution in [1.29, 1.82) is 0 Å². The molecule has 1 aromatic heterocycles. The van der Waals surface area contributed by atoms with Crippen LogP contribution in [0, 0.1) is 0 Å². The van der Waals surface area contributed by atoms with Crippen molar-refractivity contribution >= 4 is 29.8 Å². The van der Waals surface area contributed by atoms with Gasteiger partial charge in [0.25, 0.3) is 0 Å². The summed E-state index contributed by atoms with van der Waals surface area (Å²) in [6.07, 6.45) is 1.67. The highest BCUT2D eigenvalue weighted by Crippen LogP contribution is 2.12. The van der Waals surface area contributed by atoms with E-state index >= 15 is 0 Å². The summed E-state index contributed by atoms with van der Waals surface area (Å²) in [4.78, 5) is 14.7. The number of anilines is 1. The van der Waals surface area contributed by atoms with Crippen molar-refractivity contribution in [3.05, 3.63) is 35.9 Å². The molecule has 0 fully saturated rings. The zero-order valence-corrected chi connectivity index (χ0v) is 10.7. The molecule has 1 aromatic carbocycles. The number of thioether (sulfide) groups is 1. The van der Waals surface area contributed by atoms with Crippen molar-refractivity contribution in [2.24, 2.45) is 10.8 Å². The number of hydrogen-bond acceptors (Lipinski definition) is 6. The van der Waals surface area contributed by atoms with Crippen LogP contribution in [0.3, 0.4) is 0 Å². The standard InChI is InChI=1S/C11H12N6OS/c12-9(18)7-19-11-14-10(16-17-11)15-13-6-8-4-2-1-3-5-8/h1-6H,7H2,(H2,12,18)(H2,14,15,16,17)/b13-6+. The molecule has 1 amide bonds. The molecule has 0 aliphatic carbocycles. The average Bonchev–Trinajstić information content (AvgIpc) is 2.86. The van der Waals surface area contributed by atoms with Crippen molar-refractivity contribution in [2.75, 3.05) is 11.2 Å². The number of amides is 1. The quantitative estimate of drug-likeness (QED) is 0.411. The molecule has 0 radical (unpaired) electrons. The molecular weight excluding hydrogens is 264 g/mol. The molecule has 0 bridgehead atoms. The Balaban J connectivity index is 1.86. The summed E-state index contributed by atoms with van der Waals surface area (Å²) in [5, 5.41) is 11.0. The molecule has 0 saturated heterocycles. The number of hydrogen-bond donors (Lipinski definition) is 3. The normalized spacial score (nSPS) is 10.7. The molecule has 2 rings (SSSR count). The molecule has 0 saturated carbocycles. The Bertz CT molecular complexity index is 568. The van der Waals surface area contributed by atoms with Gasteiger partial charge in [0.2, 0.25) is 17.0 Å². The van der Waals surface area contributed by atoms with Crippen LogP contribution < -0.4 is 11.2 Å². The molecule has 8 heteroatoms. The zero-order chi connectivity index (χ0) is 13.5. The van der Waals surface area contributed by atoms with Gasteiger partial charge in [-0.05, 0) is 5.56 Å². The van der Waals surface area contributed by atoms with Gasteiger partial charge in [0, 0.05) is 0 Å². The fraction of sp³-hybridized carbons (Fsp3) is 0.0909. The fourth-order valence-electron chi connectivity index (χ4n) is 1.20. The van der Waals surface area contributed by atoms with Crippen molar-refractivity contribution in [2.45, 2.75) is 5.16 Å². The first-order chi connectivity index (χ1) is 9.24. The van der Waals surface area contributed by atoms with E-state index in [1.165, 1.54) is 0 Å². The highest BCUT2D eigenvalue weighted by atomic mass is 32.2. The highest BCUT2D eigenvalue weighted by Gasteiger charge is 2.04. The Morgan fingerprint density at radius 1 is 1.47 bits per heavy atom. The van der Waals surface area contributed by atoms with E-state index in [2.05, 4.69) is 25.7 Å². The summed E-state index contributed by atoms with van der Waals surface area (Å²) in [5.41, 5.74) is 8.71. The summed E-state index contributed by atoms with van der Waals surface area (Å²) in [5.74, 6) is 0.135. The smallest absolute Gasteiger partial charge is 0.240 e. The summed E-state index contributed by atoms with van der Waals surface area (Å²) >= 11 is 1.16. The summed E-state index contributed by atoms with van der Waals surface area (Å²) in [6, 6.07) is 9.64. The molecule has 1 heterocycles. The number of H-pyrrole nitrogens is 1. The van der Waals surface area contributed by atoms with E-state index in [1.54, 1.807) is 6.21 Å². The van der Waals surface area contributed by atoms with E-state index in [9.17, 15) is 4.79 Å². The van der Waals surface area contributed by atoms with Crippen LogP contribution in [0.1, 0.15) is 5.56 Å². The Labute approximate surface area is 113 Å². The van der Waals surface area contributed by atoms with Gasteiger partial charge in [0.05, 0.1) is 12.0 Å². The number of primary amides is 1. The monoisotopic (exact) mass is 276 g/mol. The van der Waals surface area contributed by atoms with Gasteiger partial charge in [-0.15, -0.1) is 5.10 Å². The van der Waals surface area contributed by atoms with Crippen LogP contribution in [0.15, 0.2) is 40.6 Å². The number of hydrazone groups is 1. The third-order valence-electron chi connectivity index (χ3n) is 1.99. The third kappa shape index (κ3) is 4.43. The van der Waals surface area contributed by atoms with Gasteiger partial charge in [-0.25, -0.2) is 10.5 Å². The van der Waals surface area contributed by atoms with E-state index < -0.39 is 5.91 Å². The lowest BCUT2D eigenvalue weighted by Crippen LogP contribution is -2.13. The molecule has 0 spiro atoms.